The zero-order chi connectivity index (χ0) is 19.9. The molecule has 1 heterocycles. The average Bonchev–Trinajstić information content (AvgIpc) is 2.71. The summed E-state index contributed by atoms with van der Waals surface area (Å²) in [6.45, 7) is 4.11. The second-order valence-corrected chi connectivity index (χ2v) is 7.26. The largest absolute Gasteiger partial charge is 0.489 e. The van der Waals surface area contributed by atoms with E-state index in [9.17, 15) is 9.59 Å². The minimum Gasteiger partial charge on any atom is -0.489 e. The van der Waals surface area contributed by atoms with E-state index in [0.29, 0.717) is 5.56 Å². The number of piperidine rings is 1. The van der Waals surface area contributed by atoms with Gasteiger partial charge in [-0.15, -0.1) is 0 Å². The summed E-state index contributed by atoms with van der Waals surface area (Å²) in [7, 11) is 0. The molecule has 0 unspecified atom stereocenters. The average molecular weight is 381 g/mol. The van der Waals surface area contributed by atoms with Crippen LogP contribution in [0.5, 0.6) is 5.75 Å². The summed E-state index contributed by atoms with van der Waals surface area (Å²) in [5, 5.41) is 0. The standard InChI is InChI=1S/C23H27NO4/c1-17-9-8-10-18(2)24(17)22(25)16-28-23(26)21-14-7-6-11-19(21)15-27-20-12-4-3-5-13-20/h3-7,11-14,17-18H,8-10,15-16H2,1-2H3/t17-,18-/m1/s1. The van der Waals surface area contributed by atoms with Crippen LogP contribution in [0.1, 0.15) is 49.0 Å². The number of carbonyl (C=O) groups is 2. The lowest BCUT2D eigenvalue weighted by Gasteiger charge is -2.38. The van der Waals surface area contributed by atoms with Gasteiger partial charge in [0.25, 0.3) is 5.91 Å². The molecule has 5 heteroatoms. The zero-order valence-electron chi connectivity index (χ0n) is 16.5. The number of benzene rings is 2. The topological polar surface area (TPSA) is 55.8 Å². The van der Waals surface area contributed by atoms with E-state index in [-0.39, 0.29) is 31.2 Å². The van der Waals surface area contributed by atoms with Gasteiger partial charge in [0, 0.05) is 17.6 Å². The third-order valence-corrected chi connectivity index (χ3v) is 5.18. The highest BCUT2D eigenvalue weighted by molar-refractivity contribution is 5.92. The molecule has 1 saturated heterocycles. The minimum absolute atomic E-state index is 0.133. The number of nitrogens with zero attached hydrogens (tertiary/aromatic N) is 1. The highest BCUT2D eigenvalue weighted by atomic mass is 16.5. The third kappa shape index (κ3) is 4.91. The van der Waals surface area contributed by atoms with E-state index < -0.39 is 5.97 Å². The lowest BCUT2D eigenvalue weighted by Crippen LogP contribution is -2.49. The SMILES string of the molecule is C[C@@H]1CCC[C@@H](C)N1C(=O)COC(=O)c1ccccc1COc1ccccc1. The predicted molar refractivity (Wildman–Crippen MR) is 107 cm³/mol. The fourth-order valence-electron chi connectivity index (χ4n) is 3.72. The van der Waals surface area contributed by atoms with Crippen LogP contribution in [0, 0.1) is 0 Å². The van der Waals surface area contributed by atoms with Gasteiger partial charge in [0.15, 0.2) is 6.61 Å². The molecule has 1 fully saturated rings. The highest BCUT2D eigenvalue weighted by Crippen LogP contribution is 2.23. The molecule has 148 valence electrons. The Morgan fingerprint density at radius 3 is 2.32 bits per heavy atom. The molecule has 0 N–H and O–H groups in total. The molecule has 1 amide bonds. The second-order valence-electron chi connectivity index (χ2n) is 7.26. The lowest BCUT2D eigenvalue weighted by molar-refractivity contribution is -0.140. The quantitative estimate of drug-likeness (QED) is 0.704. The van der Waals surface area contributed by atoms with Crippen molar-refractivity contribution in [1.29, 1.82) is 0 Å². The Bertz CT molecular complexity index is 795. The summed E-state index contributed by atoms with van der Waals surface area (Å²) in [5.41, 5.74) is 1.15. The molecule has 3 rings (SSSR count). The van der Waals surface area contributed by atoms with Gasteiger partial charge in [0.1, 0.15) is 12.4 Å². The maximum atomic E-state index is 12.6. The van der Waals surface area contributed by atoms with Crippen LogP contribution >= 0.6 is 0 Å². The first-order valence-corrected chi connectivity index (χ1v) is 9.80. The van der Waals surface area contributed by atoms with Gasteiger partial charge in [-0.2, -0.15) is 0 Å². The summed E-state index contributed by atoms with van der Waals surface area (Å²) in [6, 6.07) is 16.9. The zero-order valence-corrected chi connectivity index (χ0v) is 16.5. The molecule has 1 aliphatic rings. The van der Waals surface area contributed by atoms with Crippen molar-refractivity contribution in [2.24, 2.45) is 0 Å². The van der Waals surface area contributed by atoms with Gasteiger partial charge in [0.05, 0.1) is 5.56 Å². The fraction of sp³-hybridized carbons (Fsp3) is 0.391. The number of rotatable bonds is 6. The fourth-order valence-corrected chi connectivity index (χ4v) is 3.72. The van der Waals surface area contributed by atoms with Crippen LogP contribution in [0.25, 0.3) is 0 Å². The molecule has 2 aromatic carbocycles. The molecular formula is C23H27NO4. The number of carbonyl (C=O) groups excluding carboxylic acids is 2. The smallest absolute Gasteiger partial charge is 0.339 e. The van der Waals surface area contributed by atoms with Crippen molar-refractivity contribution in [2.75, 3.05) is 6.61 Å². The molecule has 2 aromatic rings. The normalized spacial score (nSPS) is 19.1. The number of esters is 1. The summed E-state index contributed by atoms with van der Waals surface area (Å²) >= 11 is 0. The first-order chi connectivity index (χ1) is 13.6. The van der Waals surface area contributed by atoms with E-state index in [4.69, 9.17) is 9.47 Å². The maximum absolute atomic E-state index is 12.6. The van der Waals surface area contributed by atoms with Crippen LogP contribution in [-0.4, -0.2) is 35.5 Å². The maximum Gasteiger partial charge on any atom is 0.339 e. The number of ether oxygens (including phenoxy) is 2. The number of likely N-dealkylation sites (tertiary alicyclic amines) is 1. The summed E-state index contributed by atoms with van der Waals surface area (Å²) in [5.74, 6) is 0.0953. The van der Waals surface area contributed by atoms with E-state index in [2.05, 4.69) is 0 Å². The van der Waals surface area contributed by atoms with Crippen LogP contribution in [0.15, 0.2) is 54.6 Å². The highest BCUT2D eigenvalue weighted by Gasteiger charge is 2.29. The molecule has 28 heavy (non-hydrogen) atoms. The predicted octanol–water partition coefficient (Wildman–Crippen LogP) is 4.21. The number of hydrogen-bond donors (Lipinski definition) is 0. The van der Waals surface area contributed by atoms with Crippen molar-refractivity contribution in [3.8, 4) is 5.75 Å². The first-order valence-electron chi connectivity index (χ1n) is 9.80. The Kier molecular flexibility index (Phi) is 6.69. The van der Waals surface area contributed by atoms with Gasteiger partial charge in [-0.05, 0) is 51.3 Å². The monoisotopic (exact) mass is 381 g/mol. The molecule has 0 radical (unpaired) electrons. The summed E-state index contributed by atoms with van der Waals surface area (Å²) in [4.78, 5) is 27.0. The van der Waals surface area contributed by atoms with E-state index in [1.807, 2.05) is 61.2 Å². The number of para-hydroxylation sites is 1. The lowest BCUT2D eigenvalue weighted by atomic mass is 9.97. The first kappa shape index (κ1) is 19.9. The van der Waals surface area contributed by atoms with Gasteiger partial charge >= 0.3 is 5.97 Å². The Labute approximate surface area is 166 Å². The molecule has 0 aliphatic carbocycles. The Hall–Kier alpha value is -2.82. The van der Waals surface area contributed by atoms with Crippen molar-refractivity contribution >= 4 is 11.9 Å². The van der Waals surface area contributed by atoms with Gasteiger partial charge in [-0.3, -0.25) is 4.79 Å². The molecule has 5 nitrogen and oxygen atoms in total. The molecule has 0 bridgehead atoms. The van der Waals surface area contributed by atoms with Crippen molar-refractivity contribution in [3.05, 3.63) is 65.7 Å². The van der Waals surface area contributed by atoms with E-state index >= 15 is 0 Å². The minimum atomic E-state index is -0.502. The number of amides is 1. The van der Waals surface area contributed by atoms with Crippen LogP contribution < -0.4 is 4.74 Å². The van der Waals surface area contributed by atoms with Crippen molar-refractivity contribution in [2.45, 2.75) is 51.8 Å². The Balaban J connectivity index is 1.60. The van der Waals surface area contributed by atoms with E-state index in [1.54, 1.807) is 12.1 Å². The third-order valence-electron chi connectivity index (χ3n) is 5.18. The second kappa shape index (κ2) is 9.40. The molecule has 0 saturated carbocycles. The Morgan fingerprint density at radius 2 is 1.61 bits per heavy atom. The van der Waals surface area contributed by atoms with Gasteiger partial charge in [-0.25, -0.2) is 4.79 Å². The van der Waals surface area contributed by atoms with Crippen LogP contribution in [0.2, 0.25) is 0 Å². The molecule has 0 spiro atoms. The molecule has 0 aromatic heterocycles. The van der Waals surface area contributed by atoms with Gasteiger partial charge in [0.2, 0.25) is 0 Å². The van der Waals surface area contributed by atoms with Crippen molar-refractivity contribution in [1.82, 2.24) is 4.90 Å². The molecule has 2 atom stereocenters. The van der Waals surface area contributed by atoms with Crippen LogP contribution in [0.4, 0.5) is 0 Å². The van der Waals surface area contributed by atoms with Crippen molar-refractivity contribution < 1.29 is 19.1 Å². The van der Waals surface area contributed by atoms with Crippen molar-refractivity contribution in [3.63, 3.8) is 0 Å². The van der Waals surface area contributed by atoms with E-state index in [1.165, 1.54) is 0 Å². The molecular weight excluding hydrogens is 354 g/mol. The molecule has 1 aliphatic heterocycles. The number of hydrogen-bond acceptors (Lipinski definition) is 4. The summed E-state index contributed by atoms with van der Waals surface area (Å²) in [6.07, 6.45) is 3.11. The van der Waals surface area contributed by atoms with Crippen LogP contribution in [-0.2, 0) is 16.1 Å². The van der Waals surface area contributed by atoms with Gasteiger partial charge < -0.3 is 14.4 Å². The van der Waals surface area contributed by atoms with E-state index in [0.717, 1.165) is 30.6 Å². The summed E-state index contributed by atoms with van der Waals surface area (Å²) < 4.78 is 11.1. The Morgan fingerprint density at radius 1 is 0.964 bits per heavy atom. The van der Waals surface area contributed by atoms with Crippen LogP contribution in [0.3, 0.4) is 0 Å². The van der Waals surface area contributed by atoms with Gasteiger partial charge in [-0.1, -0.05) is 36.4 Å².